The smallest absolute Gasteiger partial charge is 0.255 e. The first-order valence-corrected chi connectivity index (χ1v) is 7.93. The van der Waals surface area contributed by atoms with Crippen LogP contribution >= 0.6 is 0 Å². The molecular weight excluding hydrogens is 280 g/mol. The molecule has 2 rings (SSSR count). The molecule has 0 unspecified atom stereocenters. The molecule has 0 aromatic heterocycles. The lowest BCUT2D eigenvalue weighted by atomic mass is 10.1. The first-order valence-electron chi connectivity index (χ1n) is 7.93. The van der Waals surface area contributed by atoms with Gasteiger partial charge in [-0.05, 0) is 43.9 Å². The van der Waals surface area contributed by atoms with Crippen molar-refractivity contribution >= 4 is 11.8 Å². The van der Waals surface area contributed by atoms with Gasteiger partial charge in [0.1, 0.15) is 5.75 Å². The average molecular weight is 304 g/mol. The first-order chi connectivity index (χ1) is 10.6. The fraction of sp³-hybridized carbons (Fsp3) is 0.529. The lowest BCUT2D eigenvalue weighted by Crippen LogP contribution is -2.34. The third kappa shape index (κ3) is 4.48. The van der Waals surface area contributed by atoms with Gasteiger partial charge in [0, 0.05) is 26.1 Å². The summed E-state index contributed by atoms with van der Waals surface area (Å²) in [5.74, 6) is -0.0557. The molecule has 0 spiro atoms. The molecule has 2 N–H and O–H groups in total. The van der Waals surface area contributed by atoms with Gasteiger partial charge in [-0.3, -0.25) is 9.59 Å². The van der Waals surface area contributed by atoms with Crippen molar-refractivity contribution in [1.82, 2.24) is 10.2 Å². The maximum Gasteiger partial charge on any atom is 0.255 e. The van der Waals surface area contributed by atoms with Crippen LogP contribution in [-0.4, -0.2) is 41.5 Å². The molecule has 1 aromatic carbocycles. The molecule has 1 aliphatic rings. The number of hydrogen-bond donors (Lipinski definition) is 2. The number of phenolic OH excluding ortho intramolecular Hbond substituents is 1. The van der Waals surface area contributed by atoms with Crippen molar-refractivity contribution in [3.05, 3.63) is 29.3 Å². The Kier molecular flexibility index (Phi) is 5.81. The van der Waals surface area contributed by atoms with Crippen LogP contribution in [0.1, 0.15) is 48.0 Å². The van der Waals surface area contributed by atoms with Gasteiger partial charge in [-0.1, -0.05) is 12.5 Å². The monoisotopic (exact) mass is 304 g/mol. The molecule has 0 bridgehead atoms. The normalized spacial score (nSPS) is 15.5. The Morgan fingerprint density at radius 1 is 1.32 bits per heavy atom. The molecule has 120 valence electrons. The van der Waals surface area contributed by atoms with Crippen molar-refractivity contribution in [2.24, 2.45) is 0 Å². The third-order valence-corrected chi connectivity index (χ3v) is 3.96. The second kappa shape index (κ2) is 7.82. The summed E-state index contributed by atoms with van der Waals surface area (Å²) in [6.07, 6.45) is 4.54. The van der Waals surface area contributed by atoms with Crippen LogP contribution in [0.3, 0.4) is 0 Å². The largest absolute Gasteiger partial charge is 0.507 e. The molecular formula is C17H24N2O3. The fourth-order valence-corrected chi connectivity index (χ4v) is 2.68. The standard InChI is InChI=1S/C17H24N2O3/c1-13-7-8-14(15(20)12-13)17(22)18-9-5-11-19-10-4-2-3-6-16(19)21/h7-8,12,20H,2-6,9-11H2,1H3,(H,18,22). The SMILES string of the molecule is Cc1ccc(C(=O)NCCCN2CCCCCC2=O)c(O)c1. The predicted octanol–water partition coefficient (Wildman–Crippen LogP) is 2.22. The summed E-state index contributed by atoms with van der Waals surface area (Å²) in [6, 6.07) is 4.99. The number of carbonyl (C=O) groups excluding carboxylic acids is 2. The van der Waals surface area contributed by atoms with Crippen LogP contribution < -0.4 is 5.32 Å². The number of hydrogen-bond acceptors (Lipinski definition) is 3. The predicted molar refractivity (Wildman–Crippen MR) is 84.8 cm³/mol. The minimum Gasteiger partial charge on any atom is -0.507 e. The Labute approximate surface area is 131 Å². The molecule has 1 heterocycles. The molecule has 0 aliphatic carbocycles. The van der Waals surface area contributed by atoms with E-state index >= 15 is 0 Å². The maximum atomic E-state index is 12.0. The number of benzene rings is 1. The van der Waals surface area contributed by atoms with Crippen LogP contribution in [0.2, 0.25) is 0 Å². The number of aromatic hydroxyl groups is 1. The number of aryl methyl sites for hydroxylation is 1. The van der Waals surface area contributed by atoms with Crippen molar-refractivity contribution in [2.45, 2.75) is 39.0 Å². The summed E-state index contributed by atoms with van der Waals surface area (Å²) in [7, 11) is 0. The van der Waals surface area contributed by atoms with Crippen LogP contribution in [0, 0.1) is 6.92 Å². The Morgan fingerprint density at radius 3 is 2.91 bits per heavy atom. The van der Waals surface area contributed by atoms with E-state index in [1.54, 1.807) is 18.2 Å². The highest BCUT2D eigenvalue weighted by Gasteiger charge is 2.16. The lowest BCUT2D eigenvalue weighted by molar-refractivity contribution is -0.130. The zero-order chi connectivity index (χ0) is 15.9. The van der Waals surface area contributed by atoms with Crippen molar-refractivity contribution in [3.63, 3.8) is 0 Å². The summed E-state index contributed by atoms with van der Waals surface area (Å²) in [5, 5.41) is 12.6. The molecule has 1 aromatic rings. The van der Waals surface area contributed by atoms with E-state index in [1.165, 1.54) is 0 Å². The summed E-state index contributed by atoms with van der Waals surface area (Å²) >= 11 is 0. The average Bonchev–Trinajstić information content (AvgIpc) is 2.68. The lowest BCUT2D eigenvalue weighted by Gasteiger charge is -2.20. The van der Waals surface area contributed by atoms with Gasteiger partial charge in [0.15, 0.2) is 0 Å². The second-order valence-electron chi connectivity index (χ2n) is 5.82. The van der Waals surface area contributed by atoms with Crippen molar-refractivity contribution in [3.8, 4) is 5.75 Å². The number of phenols is 1. The Bertz CT molecular complexity index is 543. The zero-order valence-corrected chi connectivity index (χ0v) is 13.1. The topological polar surface area (TPSA) is 69.6 Å². The number of amides is 2. The van der Waals surface area contributed by atoms with Crippen LogP contribution in [0.15, 0.2) is 18.2 Å². The van der Waals surface area contributed by atoms with E-state index in [2.05, 4.69) is 5.32 Å². The van der Waals surface area contributed by atoms with Crippen LogP contribution in [0.4, 0.5) is 0 Å². The molecule has 0 saturated carbocycles. The van der Waals surface area contributed by atoms with Crippen LogP contribution in [0.5, 0.6) is 5.75 Å². The Hall–Kier alpha value is -2.04. The highest BCUT2D eigenvalue weighted by atomic mass is 16.3. The number of likely N-dealkylation sites (tertiary alicyclic amines) is 1. The number of rotatable bonds is 5. The Morgan fingerprint density at radius 2 is 2.14 bits per heavy atom. The minimum absolute atomic E-state index is 0.000181. The van der Waals surface area contributed by atoms with E-state index in [0.717, 1.165) is 37.8 Å². The van der Waals surface area contributed by atoms with Gasteiger partial charge in [-0.15, -0.1) is 0 Å². The number of carbonyl (C=O) groups is 2. The molecule has 1 fully saturated rings. The minimum atomic E-state index is -0.278. The van der Waals surface area contributed by atoms with Gasteiger partial charge in [-0.2, -0.15) is 0 Å². The van der Waals surface area contributed by atoms with E-state index in [0.29, 0.717) is 19.5 Å². The van der Waals surface area contributed by atoms with E-state index in [4.69, 9.17) is 0 Å². The zero-order valence-electron chi connectivity index (χ0n) is 13.1. The maximum absolute atomic E-state index is 12.0. The van der Waals surface area contributed by atoms with Gasteiger partial charge in [0.25, 0.3) is 5.91 Å². The summed E-state index contributed by atoms with van der Waals surface area (Å²) < 4.78 is 0. The highest BCUT2D eigenvalue weighted by molar-refractivity contribution is 5.96. The molecule has 2 amide bonds. The molecule has 5 heteroatoms. The van der Waals surface area contributed by atoms with Gasteiger partial charge in [0.05, 0.1) is 5.56 Å². The van der Waals surface area contributed by atoms with Crippen molar-refractivity contribution in [1.29, 1.82) is 0 Å². The molecule has 5 nitrogen and oxygen atoms in total. The van der Waals surface area contributed by atoms with E-state index in [-0.39, 0.29) is 23.1 Å². The molecule has 0 atom stereocenters. The van der Waals surface area contributed by atoms with E-state index in [9.17, 15) is 14.7 Å². The molecule has 1 aliphatic heterocycles. The molecule has 22 heavy (non-hydrogen) atoms. The second-order valence-corrected chi connectivity index (χ2v) is 5.82. The van der Waals surface area contributed by atoms with Crippen LogP contribution in [-0.2, 0) is 4.79 Å². The Balaban J connectivity index is 1.76. The van der Waals surface area contributed by atoms with Gasteiger partial charge in [0.2, 0.25) is 5.91 Å². The molecule has 1 saturated heterocycles. The van der Waals surface area contributed by atoms with Gasteiger partial charge >= 0.3 is 0 Å². The van der Waals surface area contributed by atoms with Crippen molar-refractivity contribution in [2.75, 3.05) is 19.6 Å². The van der Waals surface area contributed by atoms with Crippen LogP contribution in [0.25, 0.3) is 0 Å². The van der Waals surface area contributed by atoms with E-state index < -0.39 is 0 Å². The van der Waals surface area contributed by atoms with Crippen molar-refractivity contribution < 1.29 is 14.7 Å². The number of nitrogens with one attached hydrogen (secondary N) is 1. The highest BCUT2D eigenvalue weighted by Crippen LogP contribution is 2.18. The van der Waals surface area contributed by atoms with Gasteiger partial charge < -0.3 is 15.3 Å². The third-order valence-electron chi connectivity index (χ3n) is 3.96. The summed E-state index contributed by atoms with van der Waals surface area (Å²) in [4.78, 5) is 25.7. The number of nitrogens with zero attached hydrogens (tertiary/aromatic N) is 1. The summed E-state index contributed by atoms with van der Waals surface area (Å²) in [6.45, 7) is 3.86. The van der Waals surface area contributed by atoms with E-state index in [1.807, 2.05) is 11.8 Å². The summed E-state index contributed by atoms with van der Waals surface area (Å²) in [5.41, 5.74) is 1.20. The first kappa shape index (κ1) is 16.3. The molecule has 0 radical (unpaired) electrons. The quantitative estimate of drug-likeness (QED) is 0.820. The fourth-order valence-electron chi connectivity index (χ4n) is 2.68. The van der Waals surface area contributed by atoms with Gasteiger partial charge in [-0.25, -0.2) is 0 Å².